The van der Waals surface area contributed by atoms with Crippen molar-refractivity contribution in [3.8, 4) is 5.75 Å². The Labute approximate surface area is 132 Å². The van der Waals surface area contributed by atoms with Gasteiger partial charge in [0, 0.05) is 19.5 Å². The SMILES string of the molecule is CCCNC(=O)CCN(c1ccc(OCC)cc1)S(C)(=O)=O. The number of hydrogen-bond donors (Lipinski definition) is 1. The van der Waals surface area contributed by atoms with Crippen LogP contribution in [0.15, 0.2) is 24.3 Å². The molecule has 1 aromatic carbocycles. The normalized spacial score (nSPS) is 11.0. The molecule has 0 saturated heterocycles. The molecule has 1 amide bonds. The molecule has 0 aromatic heterocycles. The van der Waals surface area contributed by atoms with Gasteiger partial charge in [0.25, 0.3) is 0 Å². The van der Waals surface area contributed by atoms with E-state index in [9.17, 15) is 13.2 Å². The molecular weight excluding hydrogens is 304 g/mol. The second kappa shape index (κ2) is 8.63. The molecule has 1 N–H and O–H groups in total. The Morgan fingerprint density at radius 3 is 2.36 bits per heavy atom. The van der Waals surface area contributed by atoms with Gasteiger partial charge in [0.1, 0.15) is 5.75 Å². The first kappa shape index (κ1) is 18.3. The molecule has 0 radical (unpaired) electrons. The number of rotatable bonds is 9. The van der Waals surface area contributed by atoms with Crippen molar-refractivity contribution in [2.75, 3.05) is 30.3 Å². The number of anilines is 1. The average Bonchev–Trinajstić information content (AvgIpc) is 2.46. The minimum absolute atomic E-state index is 0.113. The molecule has 0 bridgehead atoms. The fourth-order valence-corrected chi connectivity index (χ4v) is 2.85. The van der Waals surface area contributed by atoms with Crippen molar-refractivity contribution >= 4 is 21.6 Å². The summed E-state index contributed by atoms with van der Waals surface area (Å²) in [5, 5.41) is 2.74. The number of carbonyl (C=O) groups excluding carboxylic acids is 1. The van der Waals surface area contributed by atoms with Gasteiger partial charge in [-0.3, -0.25) is 9.10 Å². The highest BCUT2D eigenvalue weighted by Crippen LogP contribution is 2.21. The lowest BCUT2D eigenvalue weighted by Crippen LogP contribution is -2.34. The van der Waals surface area contributed by atoms with Crippen molar-refractivity contribution in [3.63, 3.8) is 0 Å². The van der Waals surface area contributed by atoms with Gasteiger partial charge in [0.15, 0.2) is 0 Å². The summed E-state index contributed by atoms with van der Waals surface area (Å²) in [6.07, 6.45) is 2.11. The van der Waals surface area contributed by atoms with Crippen LogP contribution in [0.3, 0.4) is 0 Å². The van der Waals surface area contributed by atoms with Gasteiger partial charge >= 0.3 is 0 Å². The summed E-state index contributed by atoms with van der Waals surface area (Å²) in [7, 11) is -3.45. The van der Waals surface area contributed by atoms with Gasteiger partial charge in [-0.15, -0.1) is 0 Å². The van der Waals surface area contributed by atoms with Crippen LogP contribution in [0.2, 0.25) is 0 Å². The molecule has 7 heteroatoms. The molecule has 1 rings (SSSR count). The Hall–Kier alpha value is -1.76. The summed E-state index contributed by atoms with van der Waals surface area (Å²) < 4.78 is 30.4. The zero-order chi connectivity index (χ0) is 16.6. The molecule has 0 aliphatic carbocycles. The lowest BCUT2D eigenvalue weighted by Gasteiger charge is -2.22. The predicted octanol–water partition coefficient (Wildman–Crippen LogP) is 1.77. The van der Waals surface area contributed by atoms with Crippen LogP contribution < -0.4 is 14.4 Å². The molecule has 6 nitrogen and oxygen atoms in total. The van der Waals surface area contributed by atoms with Gasteiger partial charge in [-0.1, -0.05) is 6.92 Å². The van der Waals surface area contributed by atoms with Gasteiger partial charge in [-0.2, -0.15) is 0 Å². The number of nitrogens with one attached hydrogen (secondary N) is 1. The van der Waals surface area contributed by atoms with E-state index in [2.05, 4.69) is 5.32 Å². The first-order valence-electron chi connectivity index (χ1n) is 7.35. The van der Waals surface area contributed by atoms with E-state index in [4.69, 9.17) is 4.74 Å². The van der Waals surface area contributed by atoms with Crippen LogP contribution in [-0.4, -0.2) is 40.3 Å². The molecular formula is C15H24N2O4S. The highest BCUT2D eigenvalue weighted by Gasteiger charge is 2.18. The van der Waals surface area contributed by atoms with E-state index in [0.717, 1.165) is 12.7 Å². The van der Waals surface area contributed by atoms with Crippen molar-refractivity contribution < 1.29 is 17.9 Å². The zero-order valence-corrected chi connectivity index (χ0v) is 14.1. The van der Waals surface area contributed by atoms with E-state index in [1.54, 1.807) is 24.3 Å². The Kier molecular flexibility index (Phi) is 7.17. The molecule has 22 heavy (non-hydrogen) atoms. The minimum Gasteiger partial charge on any atom is -0.494 e. The average molecular weight is 328 g/mol. The fraction of sp³-hybridized carbons (Fsp3) is 0.533. The molecule has 0 fully saturated rings. The quantitative estimate of drug-likeness (QED) is 0.749. The lowest BCUT2D eigenvalue weighted by molar-refractivity contribution is -0.120. The molecule has 0 saturated carbocycles. The number of benzene rings is 1. The standard InChI is InChI=1S/C15H24N2O4S/c1-4-11-16-15(18)10-12-17(22(3,19)20)13-6-8-14(9-7-13)21-5-2/h6-9H,4-5,10-12H2,1-3H3,(H,16,18). The number of carbonyl (C=O) groups is 1. The highest BCUT2D eigenvalue weighted by molar-refractivity contribution is 7.92. The molecule has 124 valence electrons. The van der Waals surface area contributed by atoms with Crippen LogP contribution in [0.25, 0.3) is 0 Å². The maximum atomic E-state index is 11.9. The Bertz CT molecular complexity index is 570. The van der Waals surface area contributed by atoms with Crippen molar-refractivity contribution in [1.29, 1.82) is 0 Å². The third-order valence-electron chi connectivity index (χ3n) is 2.95. The molecule has 1 aromatic rings. The number of amides is 1. The second-order valence-electron chi connectivity index (χ2n) is 4.86. The summed E-state index contributed by atoms with van der Waals surface area (Å²) in [5.41, 5.74) is 0.522. The Morgan fingerprint density at radius 1 is 1.23 bits per heavy atom. The van der Waals surface area contributed by atoms with Gasteiger partial charge in [0.2, 0.25) is 15.9 Å². The van der Waals surface area contributed by atoms with Crippen LogP contribution in [0.5, 0.6) is 5.75 Å². The summed E-state index contributed by atoms with van der Waals surface area (Å²) in [6, 6.07) is 6.79. The largest absolute Gasteiger partial charge is 0.494 e. The van der Waals surface area contributed by atoms with E-state index < -0.39 is 10.0 Å². The lowest BCUT2D eigenvalue weighted by atomic mass is 10.3. The summed E-state index contributed by atoms with van der Waals surface area (Å²) in [6.45, 7) is 5.10. The van der Waals surface area contributed by atoms with Gasteiger partial charge in [0.05, 0.1) is 18.6 Å². The minimum atomic E-state index is -3.45. The van der Waals surface area contributed by atoms with Crippen LogP contribution in [0, 0.1) is 0 Å². The molecule has 0 atom stereocenters. The maximum absolute atomic E-state index is 11.9. The Morgan fingerprint density at radius 2 is 1.86 bits per heavy atom. The van der Waals surface area contributed by atoms with Gasteiger partial charge in [-0.05, 0) is 37.6 Å². The first-order valence-corrected chi connectivity index (χ1v) is 9.20. The summed E-state index contributed by atoms with van der Waals surface area (Å²) in [5.74, 6) is 0.529. The highest BCUT2D eigenvalue weighted by atomic mass is 32.2. The van der Waals surface area contributed by atoms with E-state index in [1.165, 1.54) is 4.31 Å². The van der Waals surface area contributed by atoms with Gasteiger partial charge in [-0.25, -0.2) is 8.42 Å². The van der Waals surface area contributed by atoms with Gasteiger partial charge < -0.3 is 10.1 Å². The molecule has 0 spiro atoms. The van der Waals surface area contributed by atoms with Crippen molar-refractivity contribution in [1.82, 2.24) is 5.32 Å². The third kappa shape index (κ3) is 5.93. The zero-order valence-electron chi connectivity index (χ0n) is 13.3. The molecule has 0 unspecified atom stereocenters. The van der Waals surface area contributed by atoms with Crippen molar-refractivity contribution in [2.24, 2.45) is 0 Å². The molecule has 0 heterocycles. The number of ether oxygens (including phenoxy) is 1. The van der Waals surface area contributed by atoms with E-state index >= 15 is 0 Å². The van der Waals surface area contributed by atoms with Crippen LogP contribution >= 0.6 is 0 Å². The monoisotopic (exact) mass is 328 g/mol. The van der Waals surface area contributed by atoms with Crippen molar-refractivity contribution in [2.45, 2.75) is 26.7 Å². The molecule has 0 aliphatic heterocycles. The first-order chi connectivity index (χ1) is 10.4. The summed E-state index contributed by atoms with van der Waals surface area (Å²) >= 11 is 0. The second-order valence-corrected chi connectivity index (χ2v) is 6.77. The number of nitrogens with zero attached hydrogens (tertiary/aromatic N) is 1. The van der Waals surface area contributed by atoms with E-state index in [1.807, 2.05) is 13.8 Å². The van der Waals surface area contributed by atoms with E-state index in [0.29, 0.717) is 24.6 Å². The smallest absolute Gasteiger partial charge is 0.232 e. The fourth-order valence-electron chi connectivity index (χ4n) is 1.92. The molecule has 0 aliphatic rings. The number of sulfonamides is 1. The number of hydrogen-bond acceptors (Lipinski definition) is 4. The predicted molar refractivity (Wildman–Crippen MR) is 87.7 cm³/mol. The topological polar surface area (TPSA) is 75.7 Å². The Balaban J connectivity index is 2.79. The van der Waals surface area contributed by atoms with Crippen molar-refractivity contribution in [3.05, 3.63) is 24.3 Å². The maximum Gasteiger partial charge on any atom is 0.232 e. The van der Waals surface area contributed by atoms with Crippen LogP contribution in [0.4, 0.5) is 5.69 Å². The van der Waals surface area contributed by atoms with E-state index in [-0.39, 0.29) is 18.9 Å². The van der Waals surface area contributed by atoms with Crippen LogP contribution in [-0.2, 0) is 14.8 Å². The summed E-state index contributed by atoms with van der Waals surface area (Å²) in [4.78, 5) is 11.7. The van der Waals surface area contributed by atoms with Crippen LogP contribution in [0.1, 0.15) is 26.7 Å². The third-order valence-corrected chi connectivity index (χ3v) is 4.14.